The lowest BCUT2D eigenvalue weighted by molar-refractivity contribution is -0.142. The van der Waals surface area contributed by atoms with E-state index >= 15 is 0 Å². The van der Waals surface area contributed by atoms with Crippen LogP contribution in [0.25, 0.3) is 0 Å². The van der Waals surface area contributed by atoms with Crippen LogP contribution in [0.3, 0.4) is 0 Å². The van der Waals surface area contributed by atoms with Crippen LogP contribution < -0.4 is 90.0 Å². The molecule has 0 aromatic heterocycles. The molecule has 0 bridgehead atoms. The standard InChI is InChI=1S/C20H30N7O8PS2.C12H24BN4O4PS.C11H24BN3O3.C9H19BN2O4.C8H18BNO3/c1-2-21-18(33)9(3-16(31)32)25-19(34)10(24-15(30)7-36-37)5-22-14(29)6-23-13(28)4-12-17-11(8-38-12)26-20(35)27-17;1-4-8(11(19)14-5-2)17-12(20)9(6-15-13(3)21)16-10(18)7-22-23;1-5-9(11(17)13-6-2)15-10(16)8(3)7-14-12(4)18;1-4-7(9(14)15)12-8(13)6(2)5-11-10(3)16;1-7(8(11)12)5-3-4-6-10-9(2)13/h9-12,17H,2-8H2,1H3,(H,21,33)(H,22,29)(H,23,28)(H,24,30)(H,25,34)(H,31,32)(H2,26,27,35);8-9,15,21H,4-7H2,1-3H3,(H,14,19)(H,16,18)(H,17,20);8-9,14,18H,5-7H2,1-4H3,(H,13,17)(H,15,16);6-7,11,16H,4-5H2,1-3H3,(H,12,13)(H,14,15);7,10,13H,3-6H2,1-2H3,(H,11,12). The van der Waals surface area contributed by atoms with Crippen molar-refractivity contribution in [3.63, 3.8) is 0 Å². The lowest BCUT2D eigenvalue weighted by Gasteiger charge is -2.22. The van der Waals surface area contributed by atoms with Crippen LogP contribution in [-0.2, 0) is 90.7 Å². The summed E-state index contributed by atoms with van der Waals surface area (Å²) < 4.78 is 0. The second-order valence-corrected chi connectivity index (χ2v) is 28.7. The molecule has 0 radical (unpaired) electrons. The van der Waals surface area contributed by atoms with Gasteiger partial charge in [0.25, 0.3) is 0 Å². The molecule has 24 N–H and O–H groups in total. The third-order valence-electron chi connectivity index (χ3n) is 15.0. The molecule has 0 saturated carbocycles. The van der Waals surface area contributed by atoms with Gasteiger partial charge < -0.3 is 125 Å². The first kappa shape index (κ1) is 105. The van der Waals surface area contributed by atoms with Gasteiger partial charge in [-0.15, -0.1) is 0 Å². The van der Waals surface area contributed by atoms with Crippen molar-refractivity contribution in [1.29, 1.82) is 0 Å². The Kier molecular flexibility index (Phi) is 60.4. The van der Waals surface area contributed by atoms with E-state index in [0.29, 0.717) is 72.3 Å². The number of unbranched alkanes of at least 4 members (excludes halogenated alkanes) is 1. The first-order valence-electron chi connectivity index (χ1n) is 35.5. The fourth-order valence-electron chi connectivity index (χ4n) is 8.97. The molecular formula is C60H115B4N17O22P2S3. The summed E-state index contributed by atoms with van der Waals surface area (Å²) in [5, 5.41) is 107. The van der Waals surface area contributed by atoms with Gasteiger partial charge in [-0.05, 0) is 115 Å². The molecule has 13 amide bonds. The van der Waals surface area contributed by atoms with E-state index in [4.69, 9.17) is 54.0 Å². The van der Waals surface area contributed by atoms with Crippen molar-refractivity contribution < 1.29 is 107 Å². The third kappa shape index (κ3) is 51.6. The first-order valence-corrected chi connectivity index (χ1v) is 40.7. The topological polar surface area (TPSA) is 602 Å². The van der Waals surface area contributed by atoms with Crippen LogP contribution in [0.5, 0.6) is 0 Å². The number of likely N-dealkylation sites (N-methyl/N-ethyl adjacent to an activating group) is 3. The molecular weight excluding hydrogens is 1510 g/mol. The van der Waals surface area contributed by atoms with Gasteiger partial charge in [0.05, 0.1) is 43.3 Å². The van der Waals surface area contributed by atoms with Crippen molar-refractivity contribution in [1.82, 2.24) is 90.0 Å². The van der Waals surface area contributed by atoms with Crippen molar-refractivity contribution in [2.75, 3.05) is 77.0 Å². The number of amides is 13. The minimum atomic E-state index is -1.40. The van der Waals surface area contributed by atoms with Crippen LogP contribution >= 0.6 is 26.5 Å². The number of carbonyl (C=O) groups excluding carboxylic acids is 12. The van der Waals surface area contributed by atoms with E-state index in [2.05, 4.69) is 90.0 Å². The fraction of sp³-hybridized carbons (Fsp3) is 0.750. The molecule has 2 heterocycles. The summed E-state index contributed by atoms with van der Waals surface area (Å²) in [5.41, 5.74) is 0. The highest BCUT2D eigenvalue weighted by Crippen LogP contribution is 2.32. The summed E-state index contributed by atoms with van der Waals surface area (Å²) in [4.78, 5) is 176. The highest BCUT2D eigenvalue weighted by atomic mass is 32.4. The van der Waals surface area contributed by atoms with Gasteiger partial charge in [-0.2, -0.15) is 11.8 Å². The molecule has 612 valence electrons. The number of hydrogen-bond donors (Lipinski definition) is 24. The van der Waals surface area contributed by atoms with Gasteiger partial charge in [-0.1, -0.05) is 71.6 Å². The predicted molar refractivity (Wildman–Crippen MR) is 419 cm³/mol. The SMILES string of the molecule is CB(O)NCCCCC(C)C(=O)O.CCC(NC(=O)C(C)CNB(C)O)C(=O)O.CCNC(=O)C(CC(=O)O)NC(=O)C(CNC(=O)CNC(=O)CC1SCC2NC(=O)NC21)NC(=O)CP=S.CCNC(=O)C(CC)NC(=O)C(C)CNB(C)O.CCNC(=O)C(CC)NC(=O)C(CNB(C)O)NC(=O)CP=S. The molecule has 39 nitrogen and oxygen atoms in total. The van der Waals surface area contributed by atoms with Crippen molar-refractivity contribution in [3.05, 3.63) is 0 Å². The average molecular weight is 1630 g/mol. The maximum Gasteiger partial charge on any atom is 0.373 e. The van der Waals surface area contributed by atoms with Crippen molar-refractivity contribution >= 4 is 167 Å². The lowest BCUT2D eigenvalue weighted by atomic mass is 9.88. The number of fused-ring (bicyclic) bond motifs is 1. The number of thioether (sulfide) groups is 1. The Morgan fingerprint density at radius 1 is 0.472 bits per heavy atom. The number of urea groups is 1. The Balaban J connectivity index is -0.00000136. The normalized spacial score (nSPS) is 16.1. The number of hydrogen-bond acceptors (Lipinski definition) is 26. The highest BCUT2D eigenvalue weighted by Gasteiger charge is 2.44. The minimum Gasteiger partial charge on any atom is -0.481 e. The van der Waals surface area contributed by atoms with Crippen LogP contribution in [0.4, 0.5) is 4.79 Å². The monoisotopic (exact) mass is 1630 g/mol. The zero-order chi connectivity index (χ0) is 83.2. The zero-order valence-electron chi connectivity index (χ0n) is 63.8. The van der Waals surface area contributed by atoms with E-state index < -0.39 is 137 Å². The molecule has 2 aliphatic heterocycles. The van der Waals surface area contributed by atoms with Crippen LogP contribution in [-0.4, -0.2) is 283 Å². The largest absolute Gasteiger partial charge is 0.481 e. The molecule has 0 aliphatic carbocycles. The van der Waals surface area contributed by atoms with Crippen LogP contribution in [0.2, 0.25) is 27.3 Å². The van der Waals surface area contributed by atoms with E-state index in [1.165, 1.54) is 6.82 Å². The molecule has 2 aliphatic rings. The summed E-state index contributed by atoms with van der Waals surface area (Å²) in [7, 11) is -1.84. The number of carboxylic acid groups (broad SMARTS) is 3. The van der Waals surface area contributed by atoms with Gasteiger partial charge in [-0.25, -0.2) is 9.59 Å². The van der Waals surface area contributed by atoms with Gasteiger partial charge in [0.15, 0.2) is 0 Å². The maximum atomic E-state index is 12.8. The predicted octanol–water partition coefficient (Wildman–Crippen LogP) is -5.39. The summed E-state index contributed by atoms with van der Waals surface area (Å²) >= 11 is 11.0. The maximum absolute atomic E-state index is 12.8. The Bertz CT molecular complexity index is 2850. The molecule has 0 aromatic carbocycles. The van der Waals surface area contributed by atoms with Crippen molar-refractivity contribution in [3.8, 4) is 0 Å². The van der Waals surface area contributed by atoms with E-state index in [1.807, 2.05) is 13.8 Å². The van der Waals surface area contributed by atoms with Gasteiger partial charge in [0, 0.05) is 62.0 Å². The van der Waals surface area contributed by atoms with Crippen molar-refractivity contribution in [2.45, 2.75) is 195 Å². The summed E-state index contributed by atoms with van der Waals surface area (Å²) in [5.74, 6) is -8.42. The van der Waals surface area contributed by atoms with Crippen LogP contribution in [0, 0.1) is 17.8 Å². The van der Waals surface area contributed by atoms with Gasteiger partial charge in [0.2, 0.25) is 65.0 Å². The van der Waals surface area contributed by atoms with E-state index in [-0.39, 0.29) is 102 Å². The molecule has 12 atom stereocenters. The molecule has 2 saturated heterocycles. The summed E-state index contributed by atoms with van der Waals surface area (Å²) in [6.07, 6.45) is 3.21. The van der Waals surface area contributed by atoms with Gasteiger partial charge in [0.1, 0.15) is 36.3 Å². The second kappa shape index (κ2) is 61.9. The molecule has 0 spiro atoms. The first-order chi connectivity index (χ1) is 50.7. The van der Waals surface area contributed by atoms with Crippen LogP contribution in [0.15, 0.2) is 0 Å². The molecule has 2 fully saturated rings. The number of carbonyl (C=O) groups is 15. The zero-order valence-corrected chi connectivity index (χ0v) is 68.0. The number of rotatable bonds is 48. The lowest BCUT2D eigenvalue weighted by Crippen LogP contribution is -2.57. The average Bonchev–Trinajstić information content (AvgIpc) is 1.66. The fourth-order valence-corrected chi connectivity index (χ4v) is 11.6. The van der Waals surface area contributed by atoms with E-state index in [1.54, 1.807) is 80.7 Å². The smallest absolute Gasteiger partial charge is 0.373 e. The summed E-state index contributed by atoms with van der Waals surface area (Å²) in [6.45, 7) is 23.9. The Labute approximate surface area is 650 Å². The van der Waals surface area contributed by atoms with Crippen molar-refractivity contribution in [2.24, 2.45) is 17.8 Å². The highest BCUT2D eigenvalue weighted by molar-refractivity contribution is 8.00. The van der Waals surface area contributed by atoms with Gasteiger partial charge >= 0.3 is 52.1 Å². The Hall–Kier alpha value is -6.82. The molecule has 108 heavy (non-hydrogen) atoms. The quantitative estimate of drug-likeness (QED) is 0.0117. The Morgan fingerprint density at radius 3 is 1.30 bits per heavy atom. The van der Waals surface area contributed by atoms with E-state index in [9.17, 15) is 76.9 Å². The van der Waals surface area contributed by atoms with E-state index in [0.717, 1.165) is 19.4 Å². The number of aliphatic carboxylic acids is 3. The molecule has 12 unspecified atom stereocenters. The molecule has 0 aromatic rings. The van der Waals surface area contributed by atoms with Gasteiger partial charge in [-0.3, -0.25) is 62.3 Å². The third-order valence-corrected chi connectivity index (χ3v) is 18.1. The van der Waals surface area contributed by atoms with Crippen LogP contribution in [0.1, 0.15) is 114 Å². The molecule has 48 heteroatoms. The minimum absolute atomic E-state index is 0.0371. The Morgan fingerprint density at radius 2 is 0.889 bits per heavy atom. The number of nitrogens with one attached hydrogen (secondary N) is 17. The second-order valence-electron chi connectivity index (χ2n) is 24.7. The molecule has 2 rings (SSSR count). The number of carboxylic acids is 3. The summed E-state index contributed by atoms with van der Waals surface area (Å²) in [6, 6.07) is -6.16.